The first-order chi connectivity index (χ1) is 9.28. The van der Waals surface area contributed by atoms with Crippen molar-refractivity contribution >= 4 is 23.8 Å². The summed E-state index contributed by atoms with van der Waals surface area (Å²) in [4.78, 5) is 22.7. The highest BCUT2D eigenvalue weighted by Crippen LogP contribution is 2.23. The van der Waals surface area contributed by atoms with E-state index in [0.29, 0.717) is 0 Å². The molecule has 1 rings (SSSR count). The summed E-state index contributed by atoms with van der Waals surface area (Å²) >= 11 is 1.42. The molecule has 20 heavy (non-hydrogen) atoms. The van der Waals surface area contributed by atoms with Gasteiger partial charge in [0.2, 0.25) is 0 Å². The molecule has 0 aromatic carbocycles. The van der Waals surface area contributed by atoms with Gasteiger partial charge in [-0.2, -0.15) is 0 Å². The second kappa shape index (κ2) is 7.73. The van der Waals surface area contributed by atoms with Gasteiger partial charge in [-0.15, -0.1) is 11.8 Å². The van der Waals surface area contributed by atoms with Crippen molar-refractivity contribution in [3.63, 3.8) is 0 Å². The van der Waals surface area contributed by atoms with E-state index in [0.717, 1.165) is 25.9 Å². The Kier molecular flexibility index (Phi) is 6.61. The van der Waals surface area contributed by atoms with Gasteiger partial charge in [0, 0.05) is 12.4 Å². The summed E-state index contributed by atoms with van der Waals surface area (Å²) in [5, 5.41) is 11.5. The van der Waals surface area contributed by atoms with Gasteiger partial charge in [0.1, 0.15) is 17.1 Å². The molecule has 0 aromatic heterocycles. The molecule has 2 atom stereocenters. The van der Waals surface area contributed by atoms with Crippen LogP contribution in [0.4, 0.5) is 4.79 Å². The zero-order valence-electron chi connectivity index (χ0n) is 12.2. The van der Waals surface area contributed by atoms with Crippen LogP contribution in [-0.2, 0) is 14.3 Å². The Hall–Kier alpha value is -0.950. The van der Waals surface area contributed by atoms with Crippen LogP contribution in [0, 0.1) is 0 Å². The maximum absolute atomic E-state index is 11.6. The fraction of sp³-hybridized carbons (Fsp3) is 0.846. The number of thioether (sulfide) groups is 1. The molecular weight excluding hydrogens is 282 g/mol. The normalized spacial score (nSPS) is 21.1. The lowest BCUT2D eigenvalue weighted by Crippen LogP contribution is -2.45. The number of carboxylic acid groups (broad SMARTS) is 1. The first kappa shape index (κ1) is 17.1. The summed E-state index contributed by atoms with van der Waals surface area (Å²) in [6.45, 7) is 5.90. The van der Waals surface area contributed by atoms with Crippen LogP contribution >= 0.6 is 11.8 Å². The Morgan fingerprint density at radius 3 is 2.65 bits per heavy atom. The van der Waals surface area contributed by atoms with E-state index in [1.807, 2.05) is 0 Å². The Bertz CT molecular complexity index is 336. The molecule has 1 heterocycles. The molecule has 0 bridgehead atoms. The van der Waals surface area contributed by atoms with E-state index in [2.05, 4.69) is 5.32 Å². The summed E-state index contributed by atoms with van der Waals surface area (Å²) in [6.07, 6.45) is 2.35. The molecule has 1 fully saturated rings. The van der Waals surface area contributed by atoms with E-state index in [1.54, 1.807) is 20.8 Å². The zero-order chi connectivity index (χ0) is 15.2. The maximum Gasteiger partial charge on any atom is 0.408 e. The van der Waals surface area contributed by atoms with Gasteiger partial charge in [-0.05, 0) is 40.0 Å². The van der Waals surface area contributed by atoms with Crippen LogP contribution in [0.5, 0.6) is 0 Å². The SMILES string of the molecule is CC(C)(C)OC(=O)N[C@@H](CSC1CCCCO1)C(=O)O. The molecular formula is C13H23NO5S. The highest BCUT2D eigenvalue weighted by Gasteiger charge is 2.25. The van der Waals surface area contributed by atoms with Gasteiger partial charge in [0.25, 0.3) is 0 Å². The molecule has 0 aliphatic carbocycles. The van der Waals surface area contributed by atoms with E-state index in [4.69, 9.17) is 14.6 Å². The minimum Gasteiger partial charge on any atom is -0.480 e. The number of hydrogen-bond acceptors (Lipinski definition) is 5. The summed E-state index contributed by atoms with van der Waals surface area (Å²) in [5.74, 6) is -0.807. The Labute approximate surface area is 123 Å². The largest absolute Gasteiger partial charge is 0.480 e. The second-order valence-electron chi connectivity index (χ2n) is 5.67. The van der Waals surface area contributed by atoms with Crippen LogP contribution in [0.3, 0.4) is 0 Å². The predicted molar refractivity (Wildman–Crippen MR) is 76.8 cm³/mol. The number of amides is 1. The number of carboxylic acids is 1. The number of carbonyl (C=O) groups is 2. The second-order valence-corrected chi connectivity index (χ2v) is 6.86. The Morgan fingerprint density at radius 2 is 2.15 bits per heavy atom. The van der Waals surface area contributed by atoms with Gasteiger partial charge in [-0.25, -0.2) is 9.59 Å². The van der Waals surface area contributed by atoms with E-state index >= 15 is 0 Å². The van der Waals surface area contributed by atoms with Gasteiger partial charge in [-0.1, -0.05) is 0 Å². The minimum atomic E-state index is -1.07. The van der Waals surface area contributed by atoms with Crippen LogP contribution in [0.15, 0.2) is 0 Å². The fourth-order valence-corrected chi connectivity index (χ4v) is 2.83. The van der Waals surface area contributed by atoms with Gasteiger partial charge >= 0.3 is 12.1 Å². The van der Waals surface area contributed by atoms with Crippen molar-refractivity contribution in [1.82, 2.24) is 5.32 Å². The molecule has 7 heteroatoms. The first-order valence-corrected chi connectivity index (χ1v) is 7.78. The molecule has 2 N–H and O–H groups in total. The topological polar surface area (TPSA) is 84.9 Å². The third-order valence-electron chi connectivity index (χ3n) is 2.58. The summed E-state index contributed by atoms with van der Waals surface area (Å²) < 4.78 is 10.6. The highest BCUT2D eigenvalue weighted by atomic mass is 32.2. The summed E-state index contributed by atoms with van der Waals surface area (Å²) in [5.41, 5.74) is -0.627. The first-order valence-electron chi connectivity index (χ1n) is 6.73. The number of ether oxygens (including phenoxy) is 2. The third kappa shape index (κ3) is 7.00. The minimum absolute atomic E-state index is 0.0195. The van der Waals surface area contributed by atoms with Gasteiger partial charge in [0.05, 0.1) is 0 Å². The van der Waals surface area contributed by atoms with Gasteiger partial charge < -0.3 is 19.9 Å². The van der Waals surface area contributed by atoms with Crippen LogP contribution in [-0.4, -0.2) is 46.6 Å². The Balaban J connectivity index is 2.39. The highest BCUT2D eigenvalue weighted by molar-refractivity contribution is 7.99. The standard InChI is InChI=1S/C13H23NO5S/c1-13(2,3)19-12(17)14-9(11(15)16)8-20-10-6-4-5-7-18-10/h9-10H,4-8H2,1-3H3,(H,14,17)(H,15,16)/t9-,10?/m0/s1. The van der Waals surface area contributed by atoms with E-state index in [-0.39, 0.29) is 11.2 Å². The van der Waals surface area contributed by atoms with Crippen LogP contribution in [0.1, 0.15) is 40.0 Å². The molecule has 0 spiro atoms. The molecule has 116 valence electrons. The van der Waals surface area contributed by atoms with E-state index < -0.39 is 23.7 Å². The van der Waals surface area contributed by atoms with Crippen LogP contribution in [0.25, 0.3) is 0 Å². The number of carbonyl (C=O) groups excluding carboxylic acids is 1. The zero-order valence-corrected chi connectivity index (χ0v) is 13.0. The number of aliphatic carboxylic acids is 1. The number of rotatable bonds is 5. The molecule has 1 amide bonds. The molecule has 6 nitrogen and oxygen atoms in total. The number of hydrogen-bond donors (Lipinski definition) is 2. The van der Waals surface area contributed by atoms with E-state index in [1.165, 1.54) is 11.8 Å². The average Bonchev–Trinajstić information content (AvgIpc) is 2.33. The third-order valence-corrected chi connectivity index (χ3v) is 3.85. The van der Waals surface area contributed by atoms with Gasteiger partial charge in [0.15, 0.2) is 0 Å². The monoisotopic (exact) mass is 305 g/mol. The smallest absolute Gasteiger partial charge is 0.408 e. The summed E-state index contributed by atoms with van der Waals surface area (Å²) in [6, 6.07) is -0.972. The number of nitrogens with one attached hydrogen (secondary N) is 1. The predicted octanol–water partition coefficient (Wildman–Crippen LogP) is 2.22. The van der Waals surface area contributed by atoms with E-state index in [9.17, 15) is 9.59 Å². The molecule has 1 saturated heterocycles. The van der Waals surface area contributed by atoms with Crippen molar-refractivity contribution in [2.24, 2.45) is 0 Å². The lowest BCUT2D eigenvalue weighted by Gasteiger charge is -2.24. The molecule has 0 saturated carbocycles. The van der Waals surface area contributed by atoms with Crippen molar-refractivity contribution in [3.05, 3.63) is 0 Å². The van der Waals surface area contributed by atoms with Crippen molar-refractivity contribution in [3.8, 4) is 0 Å². The molecule has 1 unspecified atom stereocenters. The number of alkyl carbamates (subject to hydrolysis) is 1. The lowest BCUT2D eigenvalue weighted by molar-refractivity contribution is -0.138. The molecule has 0 radical (unpaired) electrons. The molecule has 0 aromatic rings. The molecule has 1 aliphatic heterocycles. The van der Waals surface area contributed by atoms with Crippen molar-refractivity contribution in [2.45, 2.75) is 57.1 Å². The lowest BCUT2D eigenvalue weighted by atomic mass is 10.2. The summed E-state index contributed by atoms with van der Waals surface area (Å²) in [7, 11) is 0. The quantitative estimate of drug-likeness (QED) is 0.810. The van der Waals surface area contributed by atoms with Crippen molar-refractivity contribution < 1.29 is 24.2 Å². The van der Waals surface area contributed by atoms with Gasteiger partial charge in [-0.3, -0.25) is 0 Å². The molecule has 1 aliphatic rings. The van der Waals surface area contributed by atoms with Crippen molar-refractivity contribution in [1.29, 1.82) is 0 Å². The average molecular weight is 305 g/mol. The fourth-order valence-electron chi connectivity index (χ4n) is 1.67. The van der Waals surface area contributed by atoms with Crippen molar-refractivity contribution in [2.75, 3.05) is 12.4 Å². The van der Waals surface area contributed by atoms with Crippen LogP contribution < -0.4 is 5.32 Å². The van der Waals surface area contributed by atoms with Crippen LogP contribution in [0.2, 0.25) is 0 Å². The maximum atomic E-state index is 11.6. The Morgan fingerprint density at radius 1 is 1.45 bits per heavy atom.